The number of aryl methyl sites for hydroxylation is 1. The van der Waals surface area contributed by atoms with Crippen LogP contribution in [0.2, 0.25) is 0 Å². The van der Waals surface area contributed by atoms with E-state index in [1.54, 1.807) is 0 Å². The van der Waals surface area contributed by atoms with Crippen molar-refractivity contribution in [3.63, 3.8) is 0 Å². The maximum Gasteiger partial charge on any atom is 0.302 e. The monoisotopic (exact) mass is 299 g/mol. The Morgan fingerprint density at radius 2 is 1.82 bits per heavy atom. The summed E-state index contributed by atoms with van der Waals surface area (Å²) in [5.74, 6) is -0.283. The molecule has 0 spiro atoms. The summed E-state index contributed by atoms with van der Waals surface area (Å²) >= 11 is 0. The number of hydrogen-bond donors (Lipinski definition) is 0. The third kappa shape index (κ3) is 3.27. The summed E-state index contributed by atoms with van der Waals surface area (Å²) in [7, 11) is 0. The lowest BCUT2D eigenvalue weighted by atomic mass is 10.0. The van der Waals surface area contributed by atoms with Gasteiger partial charge in [-0.1, -0.05) is 30.3 Å². The van der Waals surface area contributed by atoms with Gasteiger partial charge in [-0.15, -0.1) is 0 Å². The molecule has 0 saturated carbocycles. The number of esters is 1. The van der Waals surface area contributed by atoms with Crippen LogP contribution in [0.5, 0.6) is 0 Å². The molecule has 4 nitrogen and oxygen atoms in total. The second kappa shape index (κ2) is 6.60. The fraction of sp³-hybridized carbons (Fsp3) is 0.333. The van der Waals surface area contributed by atoms with Crippen molar-refractivity contribution in [1.82, 2.24) is 4.57 Å². The molecule has 1 atom stereocenters. The quantitative estimate of drug-likeness (QED) is 0.627. The molecule has 0 aliphatic carbocycles. The first-order valence-electron chi connectivity index (χ1n) is 7.33. The summed E-state index contributed by atoms with van der Waals surface area (Å²) in [5, 5.41) is 0. The molecule has 0 aliphatic heterocycles. The van der Waals surface area contributed by atoms with Crippen LogP contribution in [-0.2, 0) is 9.53 Å². The molecule has 0 radical (unpaired) electrons. The predicted octanol–water partition coefficient (Wildman–Crippen LogP) is 3.46. The van der Waals surface area contributed by atoms with Crippen molar-refractivity contribution >= 4 is 11.8 Å². The summed E-state index contributed by atoms with van der Waals surface area (Å²) in [5.41, 5.74) is 3.25. The molecular weight excluding hydrogens is 278 g/mol. The van der Waals surface area contributed by atoms with Crippen LogP contribution in [0.25, 0.3) is 0 Å². The molecule has 0 amide bonds. The van der Waals surface area contributed by atoms with Crippen LogP contribution in [0.4, 0.5) is 0 Å². The number of nitrogens with zero attached hydrogens (tertiary/aromatic N) is 1. The molecule has 0 aliphatic rings. The van der Waals surface area contributed by atoms with Crippen LogP contribution in [0, 0.1) is 13.8 Å². The first kappa shape index (κ1) is 16.0. The smallest absolute Gasteiger partial charge is 0.302 e. The Labute approximate surface area is 130 Å². The lowest BCUT2D eigenvalue weighted by molar-refractivity contribution is -0.141. The number of benzene rings is 1. The Morgan fingerprint density at radius 1 is 1.18 bits per heavy atom. The van der Waals surface area contributed by atoms with E-state index in [4.69, 9.17) is 4.74 Å². The van der Waals surface area contributed by atoms with E-state index in [1.165, 1.54) is 6.92 Å². The Hall–Kier alpha value is -2.36. The largest absolute Gasteiger partial charge is 0.464 e. The zero-order chi connectivity index (χ0) is 16.3. The van der Waals surface area contributed by atoms with Crippen LogP contribution in [-0.4, -0.2) is 22.9 Å². The molecule has 2 aromatic rings. The highest BCUT2D eigenvalue weighted by molar-refractivity contribution is 6.09. The van der Waals surface area contributed by atoms with Crippen molar-refractivity contribution < 1.29 is 14.3 Å². The van der Waals surface area contributed by atoms with Gasteiger partial charge in [0.15, 0.2) is 5.78 Å². The van der Waals surface area contributed by atoms with Gasteiger partial charge < -0.3 is 9.30 Å². The highest BCUT2D eigenvalue weighted by Crippen LogP contribution is 2.23. The fourth-order valence-electron chi connectivity index (χ4n) is 2.74. The van der Waals surface area contributed by atoms with Gasteiger partial charge in [0.05, 0.1) is 6.04 Å². The fourth-order valence-corrected chi connectivity index (χ4v) is 2.74. The van der Waals surface area contributed by atoms with Crippen molar-refractivity contribution in [3.05, 3.63) is 58.9 Å². The molecule has 116 valence electrons. The average Bonchev–Trinajstić information content (AvgIpc) is 2.80. The van der Waals surface area contributed by atoms with E-state index in [-0.39, 0.29) is 17.8 Å². The minimum Gasteiger partial charge on any atom is -0.464 e. The summed E-state index contributed by atoms with van der Waals surface area (Å²) in [4.78, 5) is 23.6. The molecule has 1 heterocycles. The minimum absolute atomic E-state index is 0.0128. The SMILES string of the molecule is CC(=O)OC[C@@H](C)n1c(C)cc(C(=O)c2ccccc2)c1C. The predicted molar refractivity (Wildman–Crippen MR) is 85.1 cm³/mol. The number of carbonyl (C=O) groups excluding carboxylic acids is 2. The molecular formula is C18H21NO3. The van der Waals surface area contributed by atoms with Crippen LogP contribution in [0.1, 0.15) is 47.2 Å². The molecule has 0 N–H and O–H groups in total. The summed E-state index contributed by atoms with van der Waals surface area (Å²) in [6.07, 6.45) is 0. The average molecular weight is 299 g/mol. The molecule has 0 saturated heterocycles. The maximum absolute atomic E-state index is 12.6. The number of aromatic nitrogens is 1. The van der Waals surface area contributed by atoms with Gasteiger partial charge in [0.25, 0.3) is 0 Å². The zero-order valence-electron chi connectivity index (χ0n) is 13.4. The van der Waals surface area contributed by atoms with E-state index in [0.717, 1.165) is 11.4 Å². The van der Waals surface area contributed by atoms with Crippen molar-refractivity contribution in [3.8, 4) is 0 Å². The van der Waals surface area contributed by atoms with E-state index in [0.29, 0.717) is 17.7 Å². The van der Waals surface area contributed by atoms with Gasteiger partial charge in [-0.3, -0.25) is 9.59 Å². The van der Waals surface area contributed by atoms with Crippen LogP contribution in [0.3, 0.4) is 0 Å². The summed E-state index contributed by atoms with van der Waals surface area (Å²) < 4.78 is 7.12. The zero-order valence-corrected chi connectivity index (χ0v) is 13.4. The van der Waals surface area contributed by atoms with Gasteiger partial charge in [-0.2, -0.15) is 0 Å². The normalized spacial score (nSPS) is 12.0. The molecule has 22 heavy (non-hydrogen) atoms. The second-order valence-electron chi connectivity index (χ2n) is 5.50. The van der Waals surface area contributed by atoms with Gasteiger partial charge in [0.2, 0.25) is 0 Å². The standard InChI is InChI=1S/C18H21NO3/c1-12-10-17(18(21)16-8-6-5-7-9-16)14(3)19(12)13(2)11-22-15(4)20/h5-10,13H,11H2,1-4H3/t13-/m1/s1. The Morgan fingerprint density at radius 3 is 2.41 bits per heavy atom. The van der Waals surface area contributed by atoms with E-state index < -0.39 is 0 Å². The van der Waals surface area contributed by atoms with E-state index >= 15 is 0 Å². The third-order valence-electron chi connectivity index (χ3n) is 3.73. The number of carbonyl (C=O) groups is 2. The first-order chi connectivity index (χ1) is 10.4. The second-order valence-corrected chi connectivity index (χ2v) is 5.50. The Kier molecular flexibility index (Phi) is 4.81. The maximum atomic E-state index is 12.6. The van der Waals surface area contributed by atoms with Crippen molar-refractivity contribution in [2.24, 2.45) is 0 Å². The summed E-state index contributed by atoms with van der Waals surface area (Å²) in [6, 6.07) is 11.1. The molecule has 2 rings (SSSR count). The van der Waals surface area contributed by atoms with Crippen LogP contribution >= 0.6 is 0 Å². The van der Waals surface area contributed by atoms with Gasteiger partial charge >= 0.3 is 5.97 Å². The highest BCUT2D eigenvalue weighted by Gasteiger charge is 2.20. The van der Waals surface area contributed by atoms with Crippen molar-refractivity contribution in [2.75, 3.05) is 6.61 Å². The van der Waals surface area contributed by atoms with Gasteiger partial charge in [0, 0.05) is 29.4 Å². The van der Waals surface area contributed by atoms with E-state index in [2.05, 4.69) is 0 Å². The molecule has 0 bridgehead atoms. The number of hydrogen-bond acceptors (Lipinski definition) is 3. The third-order valence-corrected chi connectivity index (χ3v) is 3.73. The lowest BCUT2D eigenvalue weighted by Gasteiger charge is -2.18. The van der Waals surface area contributed by atoms with Gasteiger partial charge in [-0.05, 0) is 26.8 Å². The van der Waals surface area contributed by atoms with E-state index in [1.807, 2.05) is 61.7 Å². The van der Waals surface area contributed by atoms with Gasteiger partial charge in [-0.25, -0.2) is 0 Å². The van der Waals surface area contributed by atoms with Crippen molar-refractivity contribution in [1.29, 1.82) is 0 Å². The van der Waals surface area contributed by atoms with Gasteiger partial charge in [0.1, 0.15) is 6.61 Å². The highest BCUT2D eigenvalue weighted by atomic mass is 16.5. The van der Waals surface area contributed by atoms with E-state index in [9.17, 15) is 9.59 Å². The summed E-state index contributed by atoms with van der Waals surface area (Å²) in [6.45, 7) is 7.54. The van der Waals surface area contributed by atoms with Crippen LogP contribution in [0.15, 0.2) is 36.4 Å². The number of ether oxygens (including phenoxy) is 1. The lowest BCUT2D eigenvalue weighted by Crippen LogP contribution is -2.17. The topological polar surface area (TPSA) is 48.3 Å². The Bertz CT molecular complexity index is 686. The first-order valence-corrected chi connectivity index (χ1v) is 7.33. The molecule has 4 heteroatoms. The number of rotatable bonds is 5. The number of ketones is 1. The van der Waals surface area contributed by atoms with Crippen LogP contribution < -0.4 is 0 Å². The molecule has 0 unspecified atom stereocenters. The van der Waals surface area contributed by atoms with Crippen molar-refractivity contribution in [2.45, 2.75) is 33.7 Å². The molecule has 1 aromatic carbocycles. The minimum atomic E-state index is -0.296. The molecule has 1 aromatic heterocycles. The molecule has 0 fully saturated rings. The Balaban J connectivity index is 2.31.